The summed E-state index contributed by atoms with van der Waals surface area (Å²) in [6.07, 6.45) is 0. The van der Waals surface area contributed by atoms with E-state index in [1.807, 2.05) is 29.6 Å². The molecule has 6 nitrogen and oxygen atoms in total. The first kappa shape index (κ1) is 21.6. The molecule has 0 aliphatic heterocycles. The van der Waals surface area contributed by atoms with Crippen LogP contribution in [0.2, 0.25) is 0 Å². The second-order valence-corrected chi connectivity index (χ2v) is 10.1. The van der Waals surface area contributed by atoms with Crippen LogP contribution in [0, 0.1) is 11.3 Å². The Morgan fingerprint density at radius 2 is 1.73 bits per heavy atom. The minimum atomic E-state index is -3.43. The zero-order chi connectivity index (χ0) is 21.9. The number of nitrogens with zero attached hydrogens (tertiary/aromatic N) is 1. The fraction of sp³-hybridized carbons (Fsp3) is 0.182. The number of carbonyl (C=O) groups excluding carboxylic acids is 1. The van der Waals surface area contributed by atoms with Crippen molar-refractivity contribution < 1.29 is 13.2 Å². The number of hydrogen-bond acceptors (Lipinski definition) is 5. The number of hydrogen-bond donors (Lipinski definition) is 2. The van der Waals surface area contributed by atoms with Crippen molar-refractivity contribution in [3.63, 3.8) is 0 Å². The minimum absolute atomic E-state index is 0.198. The van der Waals surface area contributed by atoms with Crippen molar-refractivity contribution in [2.24, 2.45) is 0 Å². The zero-order valence-electron chi connectivity index (χ0n) is 16.8. The van der Waals surface area contributed by atoms with Gasteiger partial charge in [0.2, 0.25) is 15.9 Å². The molecule has 3 rings (SSSR count). The summed E-state index contributed by atoms with van der Waals surface area (Å²) < 4.78 is 27.1. The molecule has 0 aliphatic rings. The summed E-state index contributed by atoms with van der Waals surface area (Å²) in [6.45, 7) is 4.68. The van der Waals surface area contributed by atoms with E-state index in [0.29, 0.717) is 16.9 Å². The van der Waals surface area contributed by atoms with Gasteiger partial charge in [-0.2, -0.15) is 5.26 Å². The highest BCUT2D eigenvalue weighted by molar-refractivity contribution is 7.93. The first-order chi connectivity index (χ1) is 14.2. The molecule has 154 valence electrons. The number of anilines is 2. The predicted octanol–water partition coefficient (Wildman–Crippen LogP) is 5.06. The third-order valence-electron chi connectivity index (χ3n) is 4.46. The largest absolute Gasteiger partial charge is 0.326 e. The van der Waals surface area contributed by atoms with Crippen LogP contribution in [0.5, 0.6) is 0 Å². The fourth-order valence-electron chi connectivity index (χ4n) is 2.85. The molecule has 2 N–H and O–H groups in total. The highest BCUT2D eigenvalue weighted by atomic mass is 32.2. The molecule has 8 heteroatoms. The molecule has 30 heavy (non-hydrogen) atoms. The lowest BCUT2D eigenvalue weighted by Crippen LogP contribution is -2.22. The van der Waals surface area contributed by atoms with E-state index in [0.717, 1.165) is 21.6 Å². The molecule has 0 radical (unpaired) electrons. The van der Waals surface area contributed by atoms with Gasteiger partial charge in [-0.3, -0.25) is 9.52 Å². The van der Waals surface area contributed by atoms with Crippen molar-refractivity contribution in [2.75, 3.05) is 10.0 Å². The van der Waals surface area contributed by atoms with Crippen LogP contribution < -0.4 is 10.0 Å². The first-order valence-electron chi connectivity index (χ1n) is 9.23. The second kappa shape index (κ2) is 8.69. The summed E-state index contributed by atoms with van der Waals surface area (Å²) >= 11 is 1.45. The summed E-state index contributed by atoms with van der Waals surface area (Å²) in [5, 5.41) is 13.5. The molecule has 0 bridgehead atoms. The van der Waals surface area contributed by atoms with Crippen molar-refractivity contribution >= 4 is 38.6 Å². The van der Waals surface area contributed by atoms with Gasteiger partial charge in [0, 0.05) is 12.6 Å². The van der Waals surface area contributed by atoms with Gasteiger partial charge in [-0.05, 0) is 54.1 Å². The van der Waals surface area contributed by atoms with Gasteiger partial charge in [0.15, 0.2) is 0 Å². The van der Waals surface area contributed by atoms with Crippen molar-refractivity contribution in [1.82, 2.24) is 0 Å². The van der Waals surface area contributed by atoms with Crippen LogP contribution in [0.4, 0.5) is 11.4 Å². The van der Waals surface area contributed by atoms with Crippen LogP contribution in [-0.4, -0.2) is 19.6 Å². The maximum Gasteiger partial charge on any atom is 0.235 e. The van der Waals surface area contributed by atoms with Crippen LogP contribution in [0.25, 0.3) is 21.6 Å². The molecular formula is C22H21N3O3S2. The molecule has 3 aromatic rings. The Hall–Kier alpha value is -3.15. The van der Waals surface area contributed by atoms with Gasteiger partial charge in [-0.15, -0.1) is 11.3 Å². The van der Waals surface area contributed by atoms with E-state index in [1.54, 1.807) is 38.1 Å². The van der Waals surface area contributed by atoms with Gasteiger partial charge >= 0.3 is 0 Å². The van der Waals surface area contributed by atoms with Crippen molar-refractivity contribution in [3.8, 4) is 27.6 Å². The van der Waals surface area contributed by atoms with E-state index in [9.17, 15) is 18.5 Å². The molecule has 0 saturated heterocycles. The summed E-state index contributed by atoms with van der Waals surface area (Å²) in [6, 6.07) is 16.7. The number of nitrogens with one attached hydrogen (secondary N) is 2. The standard InChI is InChI=1S/C22H21N3O3S2/c1-14(2)30(27,28)25-21-10-11-29-22(21)17-6-4-16(5-7-17)20-9-8-19(24-15(3)26)12-18(20)13-23/h4-12,14,25H,1-3H3,(H,24,26). The van der Waals surface area contributed by atoms with Gasteiger partial charge in [-0.1, -0.05) is 30.3 Å². The van der Waals surface area contributed by atoms with Crippen LogP contribution in [0.1, 0.15) is 26.3 Å². The lowest BCUT2D eigenvalue weighted by atomic mass is 9.98. The highest BCUT2D eigenvalue weighted by Crippen LogP contribution is 2.36. The monoisotopic (exact) mass is 439 g/mol. The predicted molar refractivity (Wildman–Crippen MR) is 122 cm³/mol. The normalized spacial score (nSPS) is 11.2. The molecule has 0 saturated carbocycles. The summed E-state index contributed by atoms with van der Waals surface area (Å²) in [4.78, 5) is 12.1. The first-order valence-corrected chi connectivity index (χ1v) is 11.7. The molecule has 0 spiro atoms. The van der Waals surface area contributed by atoms with E-state index in [-0.39, 0.29) is 5.91 Å². The van der Waals surface area contributed by atoms with Crippen molar-refractivity contribution in [2.45, 2.75) is 26.0 Å². The molecule has 0 unspecified atom stereocenters. The smallest absolute Gasteiger partial charge is 0.235 e. The zero-order valence-corrected chi connectivity index (χ0v) is 18.4. The van der Waals surface area contributed by atoms with E-state index in [1.165, 1.54) is 18.3 Å². The van der Waals surface area contributed by atoms with E-state index >= 15 is 0 Å². The van der Waals surface area contributed by atoms with Gasteiger partial charge in [-0.25, -0.2) is 8.42 Å². The summed E-state index contributed by atoms with van der Waals surface area (Å²) in [7, 11) is -3.43. The number of nitriles is 1. The van der Waals surface area contributed by atoms with Crippen LogP contribution in [0.3, 0.4) is 0 Å². The number of thiophene rings is 1. The average Bonchev–Trinajstić information content (AvgIpc) is 3.15. The van der Waals surface area contributed by atoms with Crippen LogP contribution >= 0.6 is 11.3 Å². The Kier molecular flexibility index (Phi) is 6.25. The topological polar surface area (TPSA) is 99.1 Å². The van der Waals surface area contributed by atoms with Gasteiger partial charge in [0.05, 0.1) is 27.4 Å². The quantitative estimate of drug-likeness (QED) is 0.560. The summed E-state index contributed by atoms with van der Waals surface area (Å²) in [5.74, 6) is -0.198. The SMILES string of the molecule is CC(=O)Nc1ccc(-c2ccc(-c3sccc3NS(=O)(=O)C(C)C)cc2)c(C#N)c1. The van der Waals surface area contributed by atoms with Crippen LogP contribution in [-0.2, 0) is 14.8 Å². The fourth-order valence-corrected chi connectivity index (χ4v) is 4.49. The van der Waals surface area contributed by atoms with Gasteiger partial charge in [0.25, 0.3) is 0 Å². The molecule has 0 atom stereocenters. The van der Waals surface area contributed by atoms with Gasteiger partial charge < -0.3 is 5.32 Å². The van der Waals surface area contributed by atoms with E-state index < -0.39 is 15.3 Å². The van der Waals surface area contributed by atoms with Crippen molar-refractivity contribution in [3.05, 3.63) is 59.5 Å². The highest BCUT2D eigenvalue weighted by Gasteiger charge is 2.18. The number of amides is 1. The third-order valence-corrected chi connectivity index (χ3v) is 7.17. The number of carbonyl (C=O) groups is 1. The maximum absolute atomic E-state index is 12.2. The second-order valence-electron chi connectivity index (χ2n) is 6.99. The number of benzene rings is 2. The summed E-state index contributed by atoms with van der Waals surface area (Å²) in [5.41, 5.74) is 4.06. The van der Waals surface area contributed by atoms with E-state index in [4.69, 9.17) is 0 Å². The third kappa shape index (κ3) is 4.70. The molecule has 0 aliphatic carbocycles. The van der Waals surface area contributed by atoms with E-state index in [2.05, 4.69) is 16.1 Å². The van der Waals surface area contributed by atoms with Crippen LogP contribution in [0.15, 0.2) is 53.9 Å². The van der Waals surface area contributed by atoms with Gasteiger partial charge in [0.1, 0.15) is 0 Å². The Balaban J connectivity index is 1.91. The lowest BCUT2D eigenvalue weighted by molar-refractivity contribution is -0.114. The maximum atomic E-state index is 12.2. The molecule has 1 heterocycles. The average molecular weight is 440 g/mol. The Labute approximate surface area is 180 Å². The molecule has 2 aromatic carbocycles. The van der Waals surface area contributed by atoms with Crippen molar-refractivity contribution in [1.29, 1.82) is 5.26 Å². The molecule has 0 fully saturated rings. The number of sulfonamides is 1. The Morgan fingerprint density at radius 1 is 1.07 bits per heavy atom. The molecular weight excluding hydrogens is 418 g/mol. The molecule has 1 aromatic heterocycles. The minimum Gasteiger partial charge on any atom is -0.326 e. The molecule has 1 amide bonds. The number of rotatable bonds is 6. The Bertz CT molecular complexity index is 1220. The lowest BCUT2D eigenvalue weighted by Gasteiger charge is -2.12. The Morgan fingerprint density at radius 3 is 2.33 bits per heavy atom.